The Balaban J connectivity index is 2.18. The molecule has 1 heterocycles. The van der Waals surface area contributed by atoms with Gasteiger partial charge in [-0.25, -0.2) is 13.2 Å². The van der Waals surface area contributed by atoms with Gasteiger partial charge < -0.3 is 15.0 Å². The van der Waals surface area contributed by atoms with Crippen LogP contribution in [0.1, 0.15) is 38.3 Å². The van der Waals surface area contributed by atoms with E-state index in [2.05, 4.69) is 5.32 Å². The van der Waals surface area contributed by atoms with E-state index in [0.717, 1.165) is 25.0 Å². The van der Waals surface area contributed by atoms with Gasteiger partial charge in [0.1, 0.15) is 0 Å². The van der Waals surface area contributed by atoms with Gasteiger partial charge in [-0.05, 0) is 44.4 Å². The SMILES string of the molecule is CCNC(=O)N(CC1CCCO1)C(C)c1ccc(S(C)(=O)=O)cc1. The van der Waals surface area contributed by atoms with Crippen LogP contribution < -0.4 is 5.32 Å². The zero-order valence-corrected chi connectivity index (χ0v) is 15.3. The van der Waals surface area contributed by atoms with Crippen LogP contribution in [0.4, 0.5) is 4.79 Å². The van der Waals surface area contributed by atoms with Crippen LogP contribution in [0.25, 0.3) is 0 Å². The summed E-state index contributed by atoms with van der Waals surface area (Å²) in [4.78, 5) is 14.5. The lowest BCUT2D eigenvalue weighted by Gasteiger charge is -2.31. The van der Waals surface area contributed by atoms with Crippen molar-refractivity contribution in [2.45, 2.75) is 43.7 Å². The molecule has 2 unspecified atom stereocenters. The quantitative estimate of drug-likeness (QED) is 0.851. The van der Waals surface area contributed by atoms with Crippen LogP contribution in [0.3, 0.4) is 0 Å². The van der Waals surface area contributed by atoms with E-state index < -0.39 is 9.84 Å². The number of nitrogens with one attached hydrogen (secondary N) is 1. The second kappa shape index (κ2) is 7.98. The number of rotatable bonds is 6. The van der Waals surface area contributed by atoms with Crippen molar-refractivity contribution < 1.29 is 17.9 Å². The fourth-order valence-electron chi connectivity index (χ4n) is 2.85. The van der Waals surface area contributed by atoms with Crippen LogP contribution in [0.2, 0.25) is 0 Å². The van der Waals surface area contributed by atoms with Gasteiger partial charge in [0.15, 0.2) is 9.84 Å². The molecular weight excluding hydrogens is 328 g/mol. The Hall–Kier alpha value is -1.60. The first-order chi connectivity index (χ1) is 11.3. The number of amides is 2. The molecule has 0 radical (unpaired) electrons. The molecule has 24 heavy (non-hydrogen) atoms. The first-order valence-electron chi connectivity index (χ1n) is 8.29. The minimum atomic E-state index is -3.22. The number of urea groups is 1. The number of ether oxygens (including phenoxy) is 1. The minimum Gasteiger partial charge on any atom is -0.376 e. The summed E-state index contributed by atoms with van der Waals surface area (Å²) in [6.45, 7) is 5.65. The molecule has 0 spiro atoms. The molecule has 0 aliphatic carbocycles. The number of hydrogen-bond donors (Lipinski definition) is 1. The smallest absolute Gasteiger partial charge is 0.317 e. The fraction of sp³-hybridized carbons (Fsp3) is 0.588. The summed E-state index contributed by atoms with van der Waals surface area (Å²) in [6, 6.07) is 6.40. The maximum absolute atomic E-state index is 12.4. The van der Waals surface area contributed by atoms with E-state index in [1.807, 2.05) is 13.8 Å². The molecule has 1 aliphatic rings. The van der Waals surface area contributed by atoms with Gasteiger partial charge in [-0.15, -0.1) is 0 Å². The maximum Gasteiger partial charge on any atom is 0.317 e. The Kier molecular flexibility index (Phi) is 6.23. The average molecular weight is 354 g/mol. The monoisotopic (exact) mass is 354 g/mol. The van der Waals surface area contributed by atoms with Crippen molar-refractivity contribution in [3.63, 3.8) is 0 Å². The van der Waals surface area contributed by atoms with Crippen molar-refractivity contribution in [2.24, 2.45) is 0 Å². The van der Waals surface area contributed by atoms with Crippen molar-refractivity contribution >= 4 is 15.9 Å². The van der Waals surface area contributed by atoms with Crippen molar-refractivity contribution in [2.75, 3.05) is 26.0 Å². The molecule has 1 aliphatic heterocycles. The van der Waals surface area contributed by atoms with Crippen LogP contribution >= 0.6 is 0 Å². The van der Waals surface area contributed by atoms with Crippen LogP contribution in [-0.2, 0) is 14.6 Å². The van der Waals surface area contributed by atoms with Crippen molar-refractivity contribution in [3.05, 3.63) is 29.8 Å². The van der Waals surface area contributed by atoms with Gasteiger partial charge in [-0.3, -0.25) is 0 Å². The van der Waals surface area contributed by atoms with Gasteiger partial charge >= 0.3 is 6.03 Å². The molecule has 1 saturated heterocycles. The van der Waals surface area contributed by atoms with Gasteiger partial charge in [-0.1, -0.05) is 12.1 Å². The molecule has 7 heteroatoms. The topological polar surface area (TPSA) is 75.7 Å². The second-order valence-corrected chi connectivity index (χ2v) is 8.16. The van der Waals surface area contributed by atoms with E-state index >= 15 is 0 Å². The molecule has 0 saturated carbocycles. The molecule has 2 atom stereocenters. The highest BCUT2D eigenvalue weighted by molar-refractivity contribution is 7.90. The van der Waals surface area contributed by atoms with Crippen LogP contribution in [0.5, 0.6) is 0 Å². The molecular formula is C17H26N2O4S. The lowest BCUT2D eigenvalue weighted by molar-refractivity contribution is 0.0714. The molecule has 1 aromatic carbocycles. The molecule has 0 aromatic heterocycles. The standard InChI is InChI=1S/C17H26N2O4S/c1-4-18-17(20)19(12-15-6-5-11-23-15)13(2)14-7-9-16(10-8-14)24(3,21)22/h7-10,13,15H,4-6,11-12H2,1-3H3,(H,18,20). The van der Waals surface area contributed by atoms with Gasteiger partial charge in [0, 0.05) is 26.0 Å². The highest BCUT2D eigenvalue weighted by Crippen LogP contribution is 2.24. The zero-order chi connectivity index (χ0) is 17.7. The zero-order valence-electron chi connectivity index (χ0n) is 14.5. The predicted molar refractivity (Wildman–Crippen MR) is 92.7 cm³/mol. The second-order valence-electron chi connectivity index (χ2n) is 6.14. The highest BCUT2D eigenvalue weighted by Gasteiger charge is 2.27. The van der Waals surface area contributed by atoms with Crippen molar-refractivity contribution in [1.29, 1.82) is 0 Å². The number of benzene rings is 1. The lowest BCUT2D eigenvalue weighted by atomic mass is 10.1. The number of nitrogens with zero attached hydrogens (tertiary/aromatic N) is 1. The summed E-state index contributed by atoms with van der Waals surface area (Å²) < 4.78 is 28.8. The van der Waals surface area contributed by atoms with Gasteiger partial charge in [-0.2, -0.15) is 0 Å². The first kappa shape index (κ1) is 18.7. The van der Waals surface area contributed by atoms with Crippen molar-refractivity contribution in [1.82, 2.24) is 10.2 Å². The fourth-order valence-corrected chi connectivity index (χ4v) is 3.48. The van der Waals surface area contributed by atoms with Crippen LogP contribution in [0.15, 0.2) is 29.2 Å². The van der Waals surface area contributed by atoms with E-state index in [1.165, 1.54) is 6.26 Å². The maximum atomic E-state index is 12.4. The third kappa shape index (κ3) is 4.70. The van der Waals surface area contributed by atoms with E-state index in [9.17, 15) is 13.2 Å². The Labute approximate surface area is 144 Å². The Bertz CT molecular complexity index is 652. The number of hydrogen-bond acceptors (Lipinski definition) is 4. The molecule has 2 amide bonds. The Morgan fingerprint density at radius 1 is 1.38 bits per heavy atom. The van der Waals surface area contributed by atoms with E-state index in [-0.39, 0.29) is 23.1 Å². The lowest BCUT2D eigenvalue weighted by Crippen LogP contribution is -2.45. The predicted octanol–water partition coefficient (Wildman–Crippen LogP) is 2.36. The molecule has 0 bridgehead atoms. The molecule has 1 N–H and O–H groups in total. The van der Waals surface area contributed by atoms with E-state index in [1.54, 1.807) is 29.2 Å². The van der Waals surface area contributed by atoms with Gasteiger partial charge in [0.05, 0.1) is 17.0 Å². The minimum absolute atomic E-state index is 0.0605. The average Bonchev–Trinajstić information content (AvgIpc) is 3.04. The molecule has 1 fully saturated rings. The third-order valence-electron chi connectivity index (χ3n) is 4.27. The molecule has 6 nitrogen and oxygen atoms in total. The van der Waals surface area contributed by atoms with Crippen molar-refractivity contribution in [3.8, 4) is 0 Å². The Morgan fingerprint density at radius 3 is 2.54 bits per heavy atom. The summed E-state index contributed by atoms with van der Waals surface area (Å²) in [7, 11) is -3.22. The molecule has 2 rings (SSSR count). The van der Waals surface area contributed by atoms with E-state index in [4.69, 9.17) is 4.74 Å². The Morgan fingerprint density at radius 2 is 2.04 bits per heavy atom. The third-order valence-corrected chi connectivity index (χ3v) is 5.40. The number of sulfone groups is 1. The normalized spacial score (nSPS) is 19.0. The van der Waals surface area contributed by atoms with Crippen LogP contribution in [0, 0.1) is 0 Å². The number of carbonyl (C=O) groups excluding carboxylic acids is 1. The molecule has 1 aromatic rings. The summed E-state index contributed by atoms with van der Waals surface area (Å²) in [5.74, 6) is 0. The van der Waals surface area contributed by atoms with Gasteiger partial charge in [0.25, 0.3) is 0 Å². The summed E-state index contributed by atoms with van der Waals surface area (Å²) in [6.07, 6.45) is 3.22. The highest BCUT2D eigenvalue weighted by atomic mass is 32.2. The summed E-state index contributed by atoms with van der Waals surface area (Å²) >= 11 is 0. The van der Waals surface area contributed by atoms with Crippen LogP contribution in [-0.4, -0.2) is 51.4 Å². The van der Waals surface area contributed by atoms with Gasteiger partial charge in [0.2, 0.25) is 0 Å². The van der Waals surface area contributed by atoms with E-state index in [0.29, 0.717) is 13.1 Å². The first-order valence-corrected chi connectivity index (χ1v) is 10.2. The number of carbonyl (C=O) groups is 1. The summed E-state index contributed by atoms with van der Waals surface area (Å²) in [5, 5.41) is 2.84. The summed E-state index contributed by atoms with van der Waals surface area (Å²) in [5.41, 5.74) is 0.895. The largest absolute Gasteiger partial charge is 0.376 e. The molecule has 134 valence electrons.